The Labute approximate surface area is 142 Å². The van der Waals surface area contributed by atoms with Crippen LogP contribution in [0.1, 0.15) is 28.3 Å². The van der Waals surface area contributed by atoms with E-state index in [0.717, 1.165) is 41.9 Å². The van der Waals surface area contributed by atoms with Gasteiger partial charge in [-0.05, 0) is 29.3 Å². The smallest absolute Gasteiger partial charge is 0.169 e. The van der Waals surface area contributed by atoms with Crippen molar-refractivity contribution in [2.75, 3.05) is 27.8 Å². The van der Waals surface area contributed by atoms with Crippen LogP contribution in [0.3, 0.4) is 0 Å². The third-order valence-corrected chi connectivity index (χ3v) is 5.81. The molecule has 0 radical (unpaired) electrons. The minimum atomic E-state index is 0.361. The van der Waals surface area contributed by atoms with Crippen LogP contribution in [0.5, 0.6) is 17.2 Å². The number of aromatic hydroxyl groups is 1. The first-order valence-electron chi connectivity index (χ1n) is 8.44. The number of hydrogen-bond acceptors (Lipinski definition) is 3. The Morgan fingerprint density at radius 3 is 2.62 bits per heavy atom. The van der Waals surface area contributed by atoms with Crippen molar-refractivity contribution in [2.24, 2.45) is 0 Å². The second kappa shape index (κ2) is 5.42. The number of likely N-dealkylation sites (N-methyl/N-ethyl adjacent to an activating group) is 1. The van der Waals surface area contributed by atoms with Crippen molar-refractivity contribution in [2.45, 2.75) is 25.4 Å². The molecule has 0 bridgehead atoms. The van der Waals surface area contributed by atoms with Crippen molar-refractivity contribution in [1.82, 2.24) is 0 Å². The first-order valence-corrected chi connectivity index (χ1v) is 8.44. The standard InChI is InChI=1S/C20H23NO3/c1-21-9-8-13-4-6-15(22)11-16(13)18(21)10-14-5-7-19(23-2)20(24-3)17(14)12-21/h4-7,11,18H,8-10,12H2,1-3H3/p+1. The molecule has 2 aromatic carbocycles. The molecule has 0 aromatic heterocycles. The Hall–Kier alpha value is -2.20. The van der Waals surface area contributed by atoms with Crippen LogP contribution in [-0.4, -0.2) is 37.4 Å². The highest BCUT2D eigenvalue weighted by Gasteiger charge is 2.44. The summed E-state index contributed by atoms with van der Waals surface area (Å²) in [5, 5.41) is 9.96. The van der Waals surface area contributed by atoms with Crippen LogP contribution in [0.2, 0.25) is 0 Å². The van der Waals surface area contributed by atoms with Crippen molar-refractivity contribution in [3.8, 4) is 17.2 Å². The van der Waals surface area contributed by atoms with Gasteiger partial charge in [-0.1, -0.05) is 12.1 Å². The molecule has 4 rings (SSSR count). The summed E-state index contributed by atoms with van der Waals surface area (Å²) < 4.78 is 12.1. The topological polar surface area (TPSA) is 38.7 Å². The van der Waals surface area contributed by atoms with Crippen LogP contribution in [0.25, 0.3) is 0 Å². The van der Waals surface area contributed by atoms with Gasteiger partial charge in [0.1, 0.15) is 18.3 Å². The fourth-order valence-corrected chi connectivity index (χ4v) is 4.47. The van der Waals surface area contributed by atoms with Gasteiger partial charge in [-0.2, -0.15) is 0 Å². The second-order valence-corrected chi connectivity index (χ2v) is 7.15. The number of benzene rings is 2. The quantitative estimate of drug-likeness (QED) is 0.861. The fourth-order valence-electron chi connectivity index (χ4n) is 4.47. The minimum absolute atomic E-state index is 0.361. The van der Waals surface area contributed by atoms with Gasteiger partial charge < -0.3 is 19.1 Å². The Morgan fingerprint density at radius 2 is 1.88 bits per heavy atom. The molecule has 0 spiro atoms. The van der Waals surface area contributed by atoms with Gasteiger partial charge in [0.05, 0.1) is 33.4 Å². The number of phenolic OH excluding ortho intramolecular Hbond substituents is 1. The molecular formula is C20H24NO3+. The molecule has 4 nitrogen and oxygen atoms in total. The van der Waals surface area contributed by atoms with E-state index in [0.29, 0.717) is 11.8 Å². The number of ether oxygens (including phenoxy) is 2. The summed E-state index contributed by atoms with van der Waals surface area (Å²) in [4.78, 5) is 0. The molecule has 2 heterocycles. The van der Waals surface area contributed by atoms with Crippen molar-refractivity contribution >= 4 is 0 Å². The molecular weight excluding hydrogens is 302 g/mol. The molecule has 24 heavy (non-hydrogen) atoms. The van der Waals surface area contributed by atoms with Gasteiger partial charge in [0, 0.05) is 18.4 Å². The van der Waals surface area contributed by atoms with Gasteiger partial charge in [-0.3, -0.25) is 0 Å². The Morgan fingerprint density at radius 1 is 1.08 bits per heavy atom. The van der Waals surface area contributed by atoms with Crippen LogP contribution in [0.15, 0.2) is 30.3 Å². The number of quaternary nitrogens is 1. The molecule has 0 aliphatic carbocycles. The maximum atomic E-state index is 9.96. The molecule has 0 fully saturated rings. The molecule has 2 aliphatic rings. The first kappa shape index (κ1) is 15.3. The van der Waals surface area contributed by atoms with E-state index in [1.54, 1.807) is 20.3 Å². The largest absolute Gasteiger partial charge is 0.508 e. The third kappa shape index (κ3) is 2.17. The lowest BCUT2D eigenvalue weighted by Gasteiger charge is -2.49. The van der Waals surface area contributed by atoms with Crippen LogP contribution < -0.4 is 9.47 Å². The minimum Gasteiger partial charge on any atom is -0.508 e. The summed E-state index contributed by atoms with van der Waals surface area (Å²) in [5.41, 5.74) is 5.25. The highest BCUT2D eigenvalue weighted by atomic mass is 16.5. The van der Waals surface area contributed by atoms with Crippen molar-refractivity contribution in [3.05, 3.63) is 52.6 Å². The fraction of sp³-hybridized carbons (Fsp3) is 0.400. The summed E-state index contributed by atoms with van der Waals surface area (Å²) in [7, 11) is 5.72. The van der Waals surface area contributed by atoms with Gasteiger partial charge in [0.25, 0.3) is 0 Å². The van der Waals surface area contributed by atoms with Gasteiger partial charge in [0.2, 0.25) is 0 Å². The molecule has 4 heteroatoms. The van der Waals surface area contributed by atoms with E-state index < -0.39 is 0 Å². The van der Waals surface area contributed by atoms with Crippen LogP contribution >= 0.6 is 0 Å². The maximum absolute atomic E-state index is 9.96. The lowest BCUT2D eigenvalue weighted by molar-refractivity contribution is -0.956. The number of phenols is 1. The molecule has 0 saturated carbocycles. The van der Waals surface area contributed by atoms with E-state index in [4.69, 9.17) is 9.47 Å². The number of rotatable bonds is 2. The van der Waals surface area contributed by atoms with Gasteiger partial charge in [-0.25, -0.2) is 0 Å². The maximum Gasteiger partial charge on any atom is 0.169 e. The molecule has 0 saturated heterocycles. The average Bonchev–Trinajstić information content (AvgIpc) is 2.58. The molecule has 0 amide bonds. The lowest BCUT2D eigenvalue weighted by Crippen LogP contribution is -2.53. The van der Waals surface area contributed by atoms with Gasteiger partial charge in [0.15, 0.2) is 11.5 Å². The van der Waals surface area contributed by atoms with E-state index >= 15 is 0 Å². The van der Waals surface area contributed by atoms with Gasteiger partial charge >= 0.3 is 0 Å². The molecule has 2 atom stereocenters. The summed E-state index contributed by atoms with van der Waals surface area (Å²) in [5.74, 6) is 2.03. The van der Waals surface area contributed by atoms with Crippen LogP contribution in [0, 0.1) is 0 Å². The first-order chi connectivity index (χ1) is 11.6. The zero-order valence-corrected chi connectivity index (χ0v) is 14.5. The summed E-state index contributed by atoms with van der Waals surface area (Å²) >= 11 is 0. The molecule has 2 aromatic rings. The SMILES string of the molecule is COc1ccc2c(c1OC)C[N+]1(C)CCc3ccc(O)cc3C1C2. The highest BCUT2D eigenvalue weighted by Crippen LogP contribution is 2.47. The van der Waals surface area contributed by atoms with E-state index in [9.17, 15) is 5.11 Å². The molecule has 2 unspecified atom stereocenters. The van der Waals surface area contributed by atoms with Crippen molar-refractivity contribution in [3.63, 3.8) is 0 Å². The number of fused-ring (bicyclic) bond motifs is 4. The predicted octanol–water partition coefficient (Wildman–Crippen LogP) is 3.21. The monoisotopic (exact) mass is 326 g/mol. The van der Waals surface area contributed by atoms with Crippen LogP contribution in [0.4, 0.5) is 0 Å². The summed E-state index contributed by atoms with van der Waals surface area (Å²) in [6.07, 6.45) is 2.01. The molecule has 2 aliphatic heterocycles. The Balaban J connectivity index is 1.84. The highest BCUT2D eigenvalue weighted by molar-refractivity contribution is 5.52. The van der Waals surface area contributed by atoms with Crippen molar-refractivity contribution in [1.29, 1.82) is 0 Å². The van der Waals surface area contributed by atoms with E-state index in [-0.39, 0.29) is 0 Å². The molecule has 126 valence electrons. The third-order valence-electron chi connectivity index (χ3n) is 5.81. The molecule has 1 N–H and O–H groups in total. The lowest BCUT2D eigenvalue weighted by atomic mass is 9.81. The van der Waals surface area contributed by atoms with E-state index in [2.05, 4.69) is 19.2 Å². The van der Waals surface area contributed by atoms with E-state index in [1.807, 2.05) is 12.1 Å². The van der Waals surface area contributed by atoms with Crippen LogP contribution in [-0.2, 0) is 19.4 Å². The van der Waals surface area contributed by atoms with Crippen molar-refractivity contribution < 1.29 is 19.1 Å². The second-order valence-electron chi connectivity index (χ2n) is 7.15. The number of methoxy groups -OCH3 is 2. The number of hydrogen-bond donors (Lipinski definition) is 1. The zero-order valence-electron chi connectivity index (χ0n) is 14.5. The Bertz CT molecular complexity index is 802. The average molecular weight is 326 g/mol. The summed E-state index contributed by atoms with van der Waals surface area (Å²) in [6, 6.07) is 10.4. The van der Waals surface area contributed by atoms with Gasteiger partial charge in [-0.15, -0.1) is 0 Å². The normalized spacial score (nSPS) is 24.5. The Kier molecular flexibility index (Phi) is 3.46. The predicted molar refractivity (Wildman–Crippen MR) is 92.6 cm³/mol. The number of nitrogens with zero attached hydrogens (tertiary/aromatic N) is 1. The van der Waals surface area contributed by atoms with E-state index in [1.165, 1.54) is 22.3 Å². The summed E-state index contributed by atoms with van der Waals surface area (Å²) in [6.45, 7) is 2.03. The zero-order chi connectivity index (χ0) is 16.9.